The van der Waals surface area contributed by atoms with E-state index in [4.69, 9.17) is 14.6 Å². The molecule has 0 aromatic carbocycles. The van der Waals surface area contributed by atoms with Gasteiger partial charge in [-0.2, -0.15) is 0 Å². The van der Waals surface area contributed by atoms with Gasteiger partial charge in [-0.25, -0.2) is 9.59 Å². The van der Waals surface area contributed by atoms with Gasteiger partial charge < -0.3 is 14.6 Å². The third-order valence-corrected chi connectivity index (χ3v) is 1.75. The molecule has 5 heteroatoms. The summed E-state index contributed by atoms with van der Waals surface area (Å²) in [6.07, 6.45) is 1.15. The van der Waals surface area contributed by atoms with Gasteiger partial charge in [0.15, 0.2) is 0 Å². The van der Waals surface area contributed by atoms with Crippen molar-refractivity contribution in [3.63, 3.8) is 0 Å². The van der Waals surface area contributed by atoms with E-state index in [1.54, 1.807) is 0 Å². The van der Waals surface area contributed by atoms with E-state index in [1.807, 2.05) is 0 Å². The van der Waals surface area contributed by atoms with E-state index in [0.29, 0.717) is 0 Å². The molecule has 0 aliphatic carbocycles. The van der Waals surface area contributed by atoms with Gasteiger partial charge in [-0.05, 0) is 13.8 Å². The Kier molecular flexibility index (Phi) is 5.61. The van der Waals surface area contributed by atoms with Crippen LogP contribution in [0.4, 0.5) is 0 Å². The molecule has 0 saturated heterocycles. The molecule has 0 bridgehead atoms. The molecule has 1 radical (unpaired) electrons. The summed E-state index contributed by atoms with van der Waals surface area (Å²) in [7, 11) is 0. The van der Waals surface area contributed by atoms with Crippen LogP contribution in [0.25, 0.3) is 0 Å². The number of ether oxygens (including phenoxy) is 2. The fraction of sp³-hybridized carbons (Fsp3) is 0.417. The lowest BCUT2D eigenvalue weighted by molar-refractivity contribution is -0.207. The molecule has 1 N–H and O–H groups in total. The Hall–Kier alpha value is -1.62. The average Bonchev–Trinajstić information content (AvgIpc) is 2.16. The second-order valence-electron chi connectivity index (χ2n) is 3.74. The Morgan fingerprint density at radius 2 is 1.53 bits per heavy atom. The summed E-state index contributed by atoms with van der Waals surface area (Å²) in [6.45, 7) is 10.7. The van der Waals surface area contributed by atoms with E-state index in [0.717, 1.165) is 6.42 Å². The highest BCUT2D eigenvalue weighted by Crippen LogP contribution is 2.19. The molecule has 0 aromatic rings. The van der Waals surface area contributed by atoms with E-state index in [9.17, 15) is 9.59 Å². The van der Waals surface area contributed by atoms with Crippen molar-refractivity contribution in [2.24, 2.45) is 0 Å². The third-order valence-electron chi connectivity index (χ3n) is 1.75. The normalized spacial score (nSPS) is 10.6. The van der Waals surface area contributed by atoms with Crippen LogP contribution < -0.4 is 0 Å². The molecule has 0 unspecified atom stereocenters. The minimum atomic E-state index is -1.64. The monoisotopic (exact) mass is 241 g/mol. The van der Waals surface area contributed by atoms with Crippen molar-refractivity contribution in [2.45, 2.75) is 26.6 Å². The number of hydrogen-bond acceptors (Lipinski definition) is 5. The summed E-state index contributed by atoms with van der Waals surface area (Å²) >= 11 is 0. The molecule has 0 rings (SSSR count). The molecule has 5 nitrogen and oxygen atoms in total. The Morgan fingerprint density at radius 1 is 1.18 bits per heavy atom. The van der Waals surface area contributed by atoms with E-state index >= 15 is 0 Å². The molecule has 95 valence electrons. The van der Waals surface area contributed by atoms with Crippen molar-refractivity contribution in [3.05, 3.63) is 30.7 Å². The zero-order valence-electron chi connectivity index (χ0n) is 10.3. The molecule has 0 heterocycles. The first-order valence-corrected chi connectivity index (χ1v) is 4.95. The quantitative estimate of drug-likeness (QED) is 0.429. The van der Waals surface area contributed by atoms with Gasteiger partial charge in [0.05, 0.1) is 13.0 Å². The molecule has 0 atom stereocenters. The Bertz CT molecular complexity index is 315. The van der Waals surface area contributed by atoms with Crippen LogP contribution in [0.15, 0.2) is 24.3 Å². The SMILES string of the molecule is C=C(C)C(=O)OC(C)([CH]CO)OC(=O)C(=C)C. The average molecular weight is 241 g/mol. The largest absolute Gasteiger partial charge is 0.419 e. The number of carbonyl (C=O) groups is 2. The van der Waals surface area contributed by atoms with Crippen molar-refractivity contribution in [3.8, 4) is 0 Å². The summed E-state index contributed by atoms with van der Waals surface area (Å²) in [4.78, 5) is 22.7. The Balaban J connectivity index is 4.78. The van der Waals surface area contributed by atoms with E-state index < -0.39 is 24.3 Å². The summed E-state index contributed by atoms with van der Waals surface area (Å²) < 4.78 is 9.84. The first-order valence-electron chi connectivity index (χ1n) is 4.95. The van der Waals surface area contributed by atoms with Gasteiger partial charge in [-0.3, -0.25) is 0 Å². The lowest BCUT2D eigenvalue weighted by Gasteiger charge is -2.28. The van der Waals surface area contributed by atoms with Gasteiger partial charge in [0.2, 0.25) is 0 Å². The molecule has 0 aliphatic heterocycles. The first kappa shape index (κ1) is 15.4. The Labute approximate surface area is 101 Å². The van der Waals surface area contributed by atoms with Crippen LogP contribution in [-0.4, -0.2) is 29.4 Å². The van der Waals surface area contributed by atoms with Crippen LogP contribution in [0.1, 0.15) is 20.8 Å². The fourth-order valence-corrected chi connectivity index (χ4v) is 0.812. The lowest BCUT2D eigenvalue weighted by Crippen LogP contribution is -2.39. The number of aliphatic hydroxyl groups excluding tert-OH is 1. The number of esters is 2. The number of carbonyl (C=O) groups excluding carboxylic acids is 2. The van der Waals surface area contributed by atoms with Crippen LogP contribution in [0.5, 0.6) is 0 Å². The summed E-state index contributed by atoms with van der Waals surface area (Å²) in [6, 6.07) is 0. The summed E-state index contributed by atoms with van der Waals surface area (Å²) in [5.41, 5.74) is 0.322. The Morgan fingerprint density at radius 3 is 1.76 bits per heavy atom. The maximum Gasteiger partial charge on any atom is 0.336 e. The van der Waals surface area contributed by atoms with E-state index in [-0.39, 0.29) is 11.1 Å². The second kappa shape index (κ2) is 6.20. The smallest absolute Gasteiger partial charge is 0.336 e. The van der Waals surface area contributed by atoms with Gasteiger partial charge in [-0.15, -0.1) is 0 Å². The van der Waals surface area contributed by atoms with Crippen LogP contribution in [0.2, 0.25) is 0 Å². The molecule has 0 fully saturated rings. The molecular weight excluding hydrogens is 224 g/mol. The summed E-state index contributed by atoms with van der Waals surface area (Å²) in [5.74, 6) is -3.07. The molecule has 0 aliphatic rings. The lowest BCUT2D eigenvalue weighted by atomic mass is 10.2. The highest BCUT2D eigenvalue weighted by Gasteiger charge is 2.33. The molecule has 0 saturated carbocycles. The maximum atomic E-state index is 11.3. The zero-order valence-corrected chi connectivity index (χ0v) is 10.3. The van der Waals surface area contributed by atoms with E-state index in [1.165, 1.54) is 20.8 Å². The molecule has 0 spiro atoms. The zero-order chi connectivity index (χ0) is 13.6. The number of aliphatic hydroxyl groups is 1. The van der Waals surface area contributed by atoms with Crippen molar-refractivity contribution in [1.29, 1.82) is 0 Å². The van der Waals surface area contributed by atoms with Crippen LogP contribution in [0, 0.1) is 6.42 Å². The van der Waals surface area contributed by atoms with Crippen molar-refractivity contribution >= 4 is 11.9 Å². The standard InChI is InChI=1S/C12H17O5/c1-8(2)10(14)16-12(5,6-7-13)17-11(15)9(3)4/h6,13H,1,3,7H2,2,4-5H3. The molecule has 17 heavy (non-hydrogen) atoms. The number of hydrogen-bond donors (Lipinski definition) is 1. The van der Waals surface area contributed by atoms with Gasteiger partial charge in [0.1, 0.15) is 0 Å². The van der Waals surface area contributed by atoms with Gasteiger partial charge >= 0.3 is 11.9 Å². The first-order chi connectivity index (χ1) is 7.72. The van der Waals surface area contributed by atoms with Crippen LogP contribution in [0.3, 0.4) is 0 Å². The van der Waals surface area contributed by atoms with Gasteiger partial charge in [0, 0.05) is 18.1 Å². The van der Waals surface area contributed by atoms with Crippen molar-refractivity contribution < 1.29 is 24.2 Å². The predicted octanol–water partition coefficient (Wildman–Crippen LogP) is 1.14. The van der Waals surface area contributed by atoms with Gasteiger partial charge in [-0.1, -0.05) is 13.2 Å². The van der Waals surface area contributed by atoms with Crippen LogP contribution in [-0.2, 0) is 19.1 Å². The fourth-order valence-electron chi connectivity index (χ4n) is 0.812. The maximum absolute atomic E-state index is 11.3. The summed E-state index contributed by atoms with van der Waals surface area (Å²) in [5, 5.41) is 8.82. The highest BCUT2D eigenvalue weighted by atomic mass is 16.7. The molecule has 0 aromatic heterocycles. The minimum absolute atomic E-state index is 0.161. The van der Waals surface area contributed by atoms with E-state index in [2.05, 4.69) is 13.2 Å². The topological polar surface area (TPSA) is 72.8 Å². The highest BCUT2D eigenvalue weighted by molar-refractivity contribution is 5.89. The van der Waals surface area contributed by atoms with Crippen LogP contribution >= 0.6 is 0 Å². The van der Waals surface area contributed by atoms with Crippen molar-refractivity contribution in [1.82, 2.24) is 0 Å². The molecule has 0 amide bonds. The predicted molar refractivity (Wildman–Crippen MR) is 61.6 cm³/mol. The minimum Gasteiger partial charge on any atom is -0.419 e. The number of rotatable bonds is 6. The molecular formula is C12H17O5. The van der Waals surface area contributed by atoms with Gasteiger partial charge in [0.25, 0.3) is 5.79 Å². The van der Waals surface area contributed by atoms with Crippen molar-refractivity contribution in [2.75, 3.05) is 6.61 Å². The second-order valence-corrected chi connectivity index (χ2v) is 3.74. The third kappa shape index (κ3) is 5.31.